The lowest BCUT2D eigenvalue weighted by Gasteiger charge is -2.14. The molecule has 42 heavy (non-hydrogen) atoms. The highest BCUT2D eigenvalue weighted by Gasteiger charge is 2.39. The van der Waals surface area contributed by atoms with Crippen LogP contribution in [-0.4, -0.2) is 56.0 Å². The number of hydrogen-bond acceptors (Lipinski definition) is 8. The van der Waals surface area contributed by atoms with Crippen molar-refractivity contribution in [1.29, 1.82) is 0 Å². The number of anilines is 2. The topological polar surface area (TPSA) is 190 Å². The first-order chi connectivity index (χ1) is 20.0. The molecule has 12 heteroatoms. The van der Waals surface area contributed by atoms with Crippen LogP contribution < -0.4 is 9.80 Å². The number of aromatic carboxylic acids is 2. The maximum absolute atomic E-state index is 13.3. The molecule has 4 aromatic carbocycles. The van der Waals surface area contributed by atoms with Crippen LogP contribution in [0.15, 0.2) is 72.8 Å². The van der Waals surface area contributed by atoms with Crippen molar-refractivity contribution in [1.82, 2.24) is 0 Å². The molecule has 4 amide bonds. The van der Waals surface area contributed by atoms with Crippen LogP contribution in [0.2, 0.25) is 0 Å². The Bertz CT molecular complexity index is 1820. The van der Waals surface area contributed by atoms with Gasteiger partial charge >= 0.3 is 11.9 Å². The summed E-state index contributed by atoms with van der Waals surface area (Å²) in [5, 5.41) is 38.2. The van der Waals surface area contributed by atoms with Gasteiger partial charge in [-0.05, 0) is 71.8 Å². The number of carbonyl (C=O) groups excluding carboxylic acids is 4. The fraction of sp³-hybridized carbons (Fsp3) is 0. The number of hydrogen-bond donors (Lipinski definition) is 4. The minimum atomic E-state index is -1.44. The lowest BCUT2D eigenvalue weighted by atomic mass is 9.97. The second kappa shape index (κ2) is 9.13. The zero-order chi connectivity index (χ0) is 30.0. The molecule has 0 spiro atoms. The van der Waals surface area contributed by atoms with Crippen molar-refractivity contribution < 1.29 is 49.2 Å². The van der Waals surface area contributed by atoms with Crippen LogP contribution in [0.4, 0.5) is 11.4 Å². The minimum absolute atomic E-state index is 0.0253. The number of amides is 4. The fourth-order valence-electron chi connectivity index (χ4n) is 4.98. The molecule has 4 aromatic rings. The van der Waals surface area contributed by atoms with E-state index in [1.54, 1.807) is 12.1 Å². The number of nitrogens with zero attached hydrogens (tertiary/aromatic N) is 2. The number of imide groups is 2. The quantitative estimate of drug-likeness (QED) is 0.260. The average Bonchev–Trinajstić information content (AvgIpc) is 3.36. The second-order valence-corrected chi connectivity index (χ2v) is 9.43. The highest BCUT2D eigenvalue weighted by atomic mass is 16.4. The first kappa shape index (κ1) is 26.0. The zero-order valence-corrected chi connectivity index (χ0v) is 21.1. The second-order valence-electron chi connectivity index (χ2n) is 9.43. The largest absolute Gasteiger partial charge is 0.507 e. The van der Waals surface area contributed by atoms with E-state index in [0.29, 0.717) is 11.1 Å². The predicted octanol–water partition coefficient (Wildman–Crippen LogP) is 3.76. The van der Waals surface area contributed by atoms with Crippen LogP contribution in [-0.2, 0) is 0 Å². The Kier molecular flexibility index (Phi) is 5.64. The van der Waals surface area contributed by atoms with Gasteiger partial charge in [0.25, 0.3) is 23.6 Å². The van der Waals surface area contributed by atoms with Gasteiger partial charge in [-0.2, -0.15) is 0 Å². The molecule has 0 fully saturated rings. The summed E-state index contributed by atoms with van der Waals surface area (Å²) in [6, 6.07) is 15.5. The lowest BCUT2D eigenvalue weighted by molar-refractivity contribution is 0.0682. The summed E-state index contributed by atoms with van der Waals surface area (Å²) in [7, 11) is 0. The molecule has 0 atom stereocenters. The first-order valence-electron chi connectivity index (χ1n) is 12.2. The van der Waals surface area contributed by atoms with Crippen LogP contribution in [0.1, 0.15) is 62.1 Å². The zero-order valence-electron chi connectivity index (χ0n) is 21.1. The monoisotopic (exact) mass is 564 g/mol. The smallest absolute Gasteiger partial charge is 0.339 e. The summed E-state index contributed by atoms with van der Waals surface area (Å²) < 4.78 is 0. The van der Waals surface area contributed by atoms with Gasteiger partial charge in [-0.25, -0.2) is 19.4 Å². The van der Waals surface area contributed by atoms with Crippen LogP contribution in [0.3, 0.4) is 0 Å². The van der Waals surface area contributed by atoms with Gasteiger partial charge in [-0.1, -0.05) is 12.1 Å². The number of benzene rings is 4. The molecular weight excluding hydrogens is 548 g/mol. The molecule has 2 heterocycles. The van der Waals surface area contributed by atoms with Crippen LogP contribution in [0.5, 0.6) is 11.5 Å². The number of rotatable bonds is 5. The fourth-order valence-corrected chi connectivity index (χ4v) is 4.98. The van der Waals surface area contributed by atoms with Crippen LogP contribution >= 0.6 is 0 Å². The molecule has 4 N–H and O–H groups in total. The van der Waals surface area contributed by atoms with Gasteiger partial charge < -0.3 is 20.4 Å². The Morgan fingerprint density at radius 3 is 1.19 bits per heavy atom. The lowest BCUT2D eigenvalue weighted by Crippen LogP contribution is -2.29. The SMILES string of the molecule is O=C(O)c1cc(N2C(=O)c3ccc(-c4ccc5c(c4)C(=O)N(c4ccc(O)c(C(=O)O)c4)C5=O)cc3C2=O)ccc1O. The Hall–Kier alpha value is -6.30. The van der Waals surface area contributed by atoms with E-state index in [-0.39, 0.29) is 33.6 Å². The third kappa shape index (κ3) is 3.78. The molecular formula is C30H16N2O10. The van der Waals surface area contributed by atoms with E-state index < -0.39 is 58.2 Å². The van der Waals surface area contributed by atoms with Gasteiger partial charge in [0.05, 0.1) is 33.6 Å². The Labute approximate surface area is 234 Å². The van der Waals surface area contributed by atoms with Crippen molar-refractivity contribution in [2.24, 2.45) is 0 Å². The van der Waals surface area contributed by atoms with E-state index >= 15 is 0 Å². The Balaban J connectivity index is 1.34. The minimum Gasteiger partial charge on any atom is -0.507 e. The number of carboxylic acid groups (broad SMARTS) is 2. The van der Waals surface area contributed by atoms with E-state index in [9.17, 15) is 49.2 Å². The third-order valence-electron chi connectivity index (χ3n) is 7.04. The molecule has 206 valence electrons. The predicted molar refractivity (Wildman–Crippen MR) is 144 cm³/mol. The standard InChI is InChI=1S/C30H16N2O10/c33-23-7-3-15(11-21(23)29(39)40)31-25(35)17-5-1-13(9-19(17)27(31)37)14-2-6-18-20(10-14)28(38)32(26(18)36)16-4-8-24(34)22(12-16)30(41)42/h1-12,33-34H,(H,39,40)(H,41,42). The van der Waals surface area contributed by atoms with Crippen molar-refractivity contribution in [3.05, 3.63) is 106 Å². The van der Waals surface area contributed by atoms with Crippen LogP contribution in [0, 0.1) is 0 Å². The molecule has 0 aliphatic carbocycles. The first-order valence-corrected chi connectivity index (χ1v) is 12.2. The van der Waals surface area contributed by atoms with Gasteiger partial charge in [-0.3, -0.25) is 19.2 Å². The van der Waals surface area contributed by atoms with E-state index in [1.165, 1.54) is 36.4 Å². The molecule has 0 bridgehead atoms. The molecule has 12 nitrogen and oxygen atoms in total. The number of carboxylic acids is 2. The average molecular weight is 564 g/mol. The van der Waals surface area contributed by atoms with Gasteiger partial charge in [0, 0.05) is 0 Å². The number of aromatic hydroxyl groups is 2. The summed E-state index contributed by atoms with van der Waals surface area (Å²) >= 11 is 0. The number of phenols is 2. The van der Waals surface area contributed by atoms with Crippen molar-refractivity contribution in [3.63, 3.8) is 0 Å². The van der Waals surface area contributed by atoms with Gasteiger partial charge in [0.15, 0.2) is 0 Å². The van der Waals surface area contributed by atoms with Crippen molar-refractivity contribution in [2.45, 2.75) is 0 Å². The Morgan fingerprint density at radius 2 is 0.833 bits per heavy atom. The number of carbonyl (C=O) groups is 6. The van der Waals surface area contributed by atoms with Crippen molar-refractivity contribution >= 4 is 46.9 Å². The Morgan fingerprint density at radius 1 is 0.476 bits per heavy atom. The van der Waals surface area contributed by atoms with Gasteiger partial charge in [0.1, 0.15) is 22.6 Å². The van der Waals surface area contributed by atoms with Crippen LogP contribution in [0.25, 0.3) is 11.1 Å². The maximum atomic E-state index is 13.3. The molecule has 0 radical (unpaired) electrons. The molecule has 0 unspecified atom stereocenters. The molecule has 2 aliphatic rings. The molecule has 6 rings (SSSR count). The summed E-state index contributed by atoms with van der Waals surface area (Å²) in [4.78, 5) is 77.1. The summed E-state index contributed by atoms with van der Waals surface area (Å²) in [6.07, 6.45) is 0. The summed E-state index contributed by atoms with van der Waals surface area (Å²) in [6.45, 7) is 0. The molecule has 2 aliphatic heterocycles. The van der Waals surface area contributed by atoms with Gasteiger partial charge in [0.2, 0.25) is 0 Å². The van der Waals surface area contributed by atoms with E-state index in [4.69, 9.17) is 0 Å². The van der Waals surface area contributed by atoms with E-state index in [2.05, 4.69) is 0 Å². The van der Waals surface area contributed by atoms with E-state index in [1.807, 2.05) is 0 Å². The van der Waals surface area contributed by atoms with E-state index in [0.717, 1.165) is 34.1 Å². The normalized spacial score (nSPS) is 13.9. The number of fused-ring (bicyclic) bond motifs is 2. The van der Waals surface area contributed by atoms with Crippen molar-refractivity contribution in [2.75, 3.05) is 9.80 Å². The summed E-state index contributed by atoms with van der Waals surface area (Å²) in [5.41, 5.74) is 0.00315. The molecule has 0 saturated carbocycles. The molecule has 0 saturated heterocycles. The molecule has 0 aromatic heterocycles. The third-order valence-corrected chi connectivity index (χ3v) is 7.04. The summed E-state index contributed by atoms with van der Waals surface area (Å²) in [5.74, 6) is -6.76. The highest BCUT2D eigenvalue weighted by molar-refractivity contribution is 6.36. The maximum Gasteiger partial charge on any atom is 0.339 e. The highest BCUT2D eigenvalue weighted by Crippen LogP contribution is 2.36. The van der Waals surface area contributed by atoms with Crippen molar-refractivity contribution in [3.8, 4) is 22.6 Å². The van der Waals surface area contributed by atoms with Gasteiger partial charge in [-0.15, -0.1) is 0 Å².